The standard InChI is InChI=1S/C6H2BF11O2/c8-1(2(9)7(19)20)3(10,11)4(12,13)5(14,15)6(16,17)18/h19-20H. The second kappa shape index (κ2) is 5.05. The van der Waals surface area contributed by atoms with Gasteiger partial charge in [0.25, 0.3) is 0 Å². The van der Waals surface area contributed by atoms with E-state index >= 15 is 0 Å². The lowest BCUT2D eigenvalue weighted by atomic mass is 9.86. The lowest BCUT2D eigenvalue weighted by Gasteiger charge is -2.32. The van der Waals surface area contributed by atoms with Crippen LogP contribution < -0.4 is 0 Å². The molecule has 2 nitrogen and oxygen atoms in total. The van der Waals surface area contributed by atoms with Gasteiger partial charge < -0.3 is 10.0 Å². The first-order valence-corrected chi connectivity index (χ1v) is 4.13. The van der Waals surface area contributed by atoms with Crippen molar-refractivity contribution < 1.29 is 58.3 Å². The molecule has 14 heteroatoms. The molecule has 0 amide bonds. The molecule has 0 radical (unpaired) electrons. The third-order valence-electron chi connectivity index (χ3n) is 1.86. The summed E-state index contributed by atoms with van der Waals surface area (Å²) in [5, 5.41) is 15.8. The van der Waals surface area contributed by atoms with E-state index in [1.807, 2.05) is 0 Å². The van der Waals surface area contributed by atoms with E-state index in [4.69, 9.17) is 10.0 Å². The van der Waals surface area contributed by atoms with E-state index in [0.717, 1.165) is 0 Å². The number of hydrogen-bond donors (Lipinski definition) is 2. The Bertz CT molecular complexity index is 398. The highest BCUT2D eigenvalue weighted by Crippen LogP contribution is 2.55. The molecular weight excluding hydrogens is 324 g/mol. The van der Waals surface area contributed by atoms with Gasteiger partial charge in [-0.3, -0.25) is 0 Å². The Kier molecular flexibility index (Phi) is 4.79. The van der Waals surface area contributed by atoms with Crippen molar-refractivity contribution >= 4 is 7.12 Å². The van der Waals surface area contributed by atoms with Gasteiger partial charge in [0.15, 0.2) is 5.73 Å². The number of hydrogen-bond acceptors (Lipinski definition) is 2. The molecule has 2 N–H and O–H groups in total. The van der Waals surface area contributed by atoms with Gasteiger partial charge in [0.1, 0.15) is 0 Å². The van der Waals surface area contributed by atoms with Crippen LogP contribution in [0, 0.1) is 0 Å². The van der Waals surface area contributed by atoms with Gasteiger partial charge in [0, 0.05) is 0 Å². The number of alkyl halides is 9. The molecule has 0 atom stereocenters. The SMILES string of the molecule is OB(O)C(F)=C(F)C(F)(F)C(F)(F)C(F)(F)C(F)(F)F. The summed E-state index contributed by atoms with van der Waals surface area (Å²) >= 11 is 0. The Balaban J connectivity index is 6.02. The molecule has 0 bridgehead atoms. The lowest BCUT2D eigenvalue weighted by molar-refractivity contribution is -0.391. The Labute approximate surface area is 102 Å². The van der Waals surface area contributed by atoms with Crippen LogP contribution in [0.4, 0.5) is 48.3 Å². The maximum Gasteiger partial charge on any atom is 0.521 e. The Morgan fingerprint density at radius 3 is 1.30 bits per heavy atom. The lowest BCUT2D eigenvalue weighted by Crippen LogP contribution is -2.61. The van der Waals surface area contributed by atoms with Gasteiger partial charge in [-0.2, -0.15) is 39.5 Å². The predicted octanol–water partition coefficient (Wildman–Crippen LogP) is 2.62. The molecule has 0 unspecified atom stereocenters. The van der Waals surface area contributed by atoms with Crippen molar-refractivity contribution in [2.45, 2.75) is 23.9 Å². The number of rotatable bonds is 4. The van der Waals surface area contributed by atoms with Crippen molar-refractivity contribution in [3.8, 4) is 0 Å². The number of allylic oxidation sites excluding steroid dienone is 1. The maximum atomic E-state index is 12.6. The fraction of sp³-hybridized carbons (Fsp3) is 0.667. The third kappa shape index (κ3) is 2.70. The quantitative estimate of drug-likeness (QED) is 0.616. The van der Waals surface area contributed by atoms with Crippen LogP contribution in [0.3, 0.4) is 0 Å². The highest BCUT2D eigenvalue weighted by atomic mass is 19.4. The summed E-state index contributed by atoms with van der Waals surface area (Å²) in [6, 6.07) is 0. The summed E-state index contributed by atoms with van der Waals surface area (Å²) in [4.78, 5) is 0. The van der Waals surface area contributed by atoms with Crippen LogP contribution in [-0.4, -0.2) is 41.1 Å². The molecule has 0 fully saturated rings. The van der Waals surface area contributed by atoms with Gasteiger partial charge in [-0.1, -0.05) is 0 Å². The summed E-state index contributed by atoms with van der Waals surface area (Å²) in [5.41, 5.74) is -3.44. The molecule has 0 aliphatic rings. The molecule has 0 aromatic heterocycles. The van der Waals surface area contributed by atoms with Crippen LogP contribution in [0.25, 0.3) is 0 Å². The number of halogens is 11. The molecule has 0 saturated heterocycles. The van der Waals surface area contributed by atoms with Crippen LogP contribution in [-0.2, 0) is 0 Å². The van der Waals surface area contributed by atoms with E-state index in [2.05, 4.69) is 0 Å². The van der Waals surface area contributed by atoms with E-state index in [0.29, 0.717) is 0 Å². The van der Waals surface area contributed by atoms with Crippen LogP contribution in [0.5, 0.6) is 0 Å². The molecule has 0 aliphatic heterocycles. The molecular formula is C6H2BF11O2. The zero-order chi connectivity index (χ0) is 16.7. The summed E-state index contributed by atoms with van der Waals surface area (Å²) in [6.45, 7) is 0. The van der Waals surface area contributed by atoms with Gasteiger partial charge in [0.05, 0.1) is 0 Å². The second-order valence-electron chi connectivity index (χ2n) is 3.26. The van der Waals surface area contributed by atoms with Crippen LogP contribution >= 0.6 is 0 Å². The van der Waals surface area contributed by atoms with Crippen molar-refractivity contribution in [2.24, 2.45) is 0 Å². The topological polar surface area (TPSA) is 40.5 Å². The van der Waals surface area contributed by atoms with Gasteiger partial charge in [-0.25, -0.2) is 8.78 Å². The van der Waals surface area contributed by atoms with Gasteiger partial charge in [-0.05, 0) is 0 Å². The van der Waals surface area contributed by atoms with Crippen LogP contribution in [0.2, 0.25) is 0 Å². The van der Waals surface area contributed by atoms with Crippen molar-refractivity contribution in [2.75, 3.05) is 0 Å². The zero-order valence-corrected chi connectivity index (χ0v) is 8.63. The monoisotopic (exact) mass is 326 g/mol. The molecule has 0 aromatic carbocycles. The first-order chi connectivity index (χ1) is 8.51. The van der Waals surface area contributed by atoms with E-state index in [-0.39, 0.29) is 0 Å². The minimum absolute atomic E-state index is 3.44. The summed E-state index contributed by atoms with van der Waals surface area (Å²) < 4.78 is 134. The molecule has 118 valence electrons. The molecule has 0 saturated carbocycles. The average molecular weight is 326 g/mol. The minimum Gasteiger partial charge on any atom is -0.422 e. The van der Waals surface area contributed by atoms with E-state index in [1.54, 1.807) is 0 Å². The predicted molar refractivity (Wildman–Crippen MR) is 40.3 cm³/mol. The Hall–Kier alpha value is -1.05. The zero-order valence-electron chi connectivity index (χ0n) is 8.63. The van der Waals surface area contributed by atoms with E-state index < -0.39 is 42.6 Å². The van der Waals surface area contributed by atoms with Crippen LogP contribution in [0.1, 0.15) is 0 Å². The van der Waals surface area contributed by atoms with Gasteiger partial charge in [0.2, 0.25) is 5.83 Å². The first-order valence-electron chi connectivity index (χ1n) is 4.13. The summed E-state index contributed by atoms with van der Waals surface area (Å²) in [7, 11) is -3.75. The normalized spacial score (nSPS) is 16.1. The van der Waals surface area contributed by atoms with Crippen molar-refractivity contribution in [3.05, 3.63) is 11.6 Å². The third-order valence-corrected chi connectivity index (χ3v) is 1.86. The largest absolute Gasteiger partial charge is 0.521 e. The molecule has 0 aliphatic carbocycles. The Morgan fingerprint density at radius 2 is 1.05 bits per heavy atom. The van der Waals surface area contributed by atoms with Crippen LogP contribution in [0.15, 0.2) is 11.6 Å². The highest BCUT2D eigenvalue weighted by molar-refractivity contribution is 6.49. The fourth-order valence-corrected chi connectivity index (χ4v) is 0.776. The van der Waals surface area contributed by atoms with Gasteiger partial charge in [-0.15, -0.1) is 0 Å². The Morgan fingerprint density at radius 1 is 0.700 bits per heavy atom. The summed E-state index contributed by atoms with van der Waals surface area (Å²) in [5.74, 6) is -26.0. The smallest absolute Gasteiger partial charge is 0.422 e. The molecule has 0 aromatic rings. The first kappa shape index (κ1) is 19.0. The van der Waals surface area contributed by atoms with E-state index in [9.17, 15) is 48.3 Å². The minimum atomic E-state index is -7.42. The van der Waals surface area contributed by atoms with Crippen molar-refractivity contribution in [1.29, 1.82) is 0 Å². The highest BCUT2D eigenvalue weighted by Gasteiger charge is 2.83. The molecule has 0 heterocycles. The summed E-state index contributed by atoms with van der Waals surface area (Å²) in [6.07, 6.45) is -7.20. The van der Waals surface area contributed by atoms with E-state index in [1.165, 1.54) is 0 Å². The fourth-order valence-electron chi connectivity index (χ4n) is 0.776. The van der Waals surface area contributed by atoms with Gasteiger partial charge >= 0.3 is 31.1 Å². The second-order valence-corrected chi connectivity index (χ2v) is 3.26. The molecule has 0 spiro atoms. The molecule has 0 rings (SSSR count). The van der Waals surface area contributed by atoms with Crippen molar-refractivity contribution in [1.82, 2.24) is 0 Å². The van der Waals surface area contributed by atoms with Crippen molar-refractivity contribution in [3.63, 3.8) is 0 Å². The molecule has 20 heavy (non-hydrogen) atoms. The maximum absolute atomic E-state index is 12.6. The average Bonchev–Trinajstić information content (AvgIpc) is 2.24.